The molecule has 0 heterocycles. The highest BCUT2D eigenvalue weighted by Crippen LogP contribution is 2.18. The summed E-state index contributed by atoms with van der Waals surface area (Å²) in [6.07, 6.45) is 44.4. The molecule has 0 aliphatic heterocycles. The fourth-order valence-corrected chi connectivity index (χ4v) is 7.73. The zero-order valence-corrected chi connectivity index (χ0v) is 36.6. The summed E-state index contributed by atoms with van der Waals surface area (Å²) < 4.78 is 5.92. The number of hydrogen-bond acceptors (Lipinski definition) is 5. The number of amides is 1. The summed E-state index contributed by atoms with van der Waals surface area (Å²) in [5.74, 6) is -0.455. The second-order valence-corrected chi connectivity index (χ2v) is 16.9. The van der Waals surface area contributed by atoms with E-state index in [0.717, 1.165) is 44.9 Å². The van der Waals surface area contributed by atoms with E-state index in [-0.39, 0.29) is 24.9 Å². The molecule has 0 spiro atoms. The van der Waals surface area contributed by atoms with Crippen molar-refractivity contribution in [1.29, 1.82) is 0 Å². The number of aliphatic hydroxyl groups excluding tert-OH is 2. The summed E-state index contributed by atoms with van der Waals surface area (Å²) >= 11 is 0. The maximum absolute atomic E-state index is 13.1. The van der Waals surface area contributed by atoms with Gasteiger partial charge in [0, 0.05) is 6.42 Å². The molecule has 3 atom stereocenters. The van der Waals surface area contributed by atoms with Gasteiger partial charge in [-0.2, -0.15) is 0 Å². The molecule has 0 fully saturated rings. The smallest absolute Gasteiger partial charge is 0.306 e. The minimum atomic E-state index is -0.777. The van der Waals surface area contributed by atoms with E-state index in [2.05, 4.69) is 26.1 Å². The molecule has 0 radical (unpaired) electrons. The largest absolute Gasteiger partial charge is 0.462 e. The van der Waals surface area contributed by atoms with Gasteiger partial charge in [-0.15, -0.1) is 0 Å². The van der Waals surface area contributed by atoms with Crippen LogP contribution < -0.4 is 5.32 Å². The molecular weight excluding hydrogens is 671 g/mol. The molecule has 3 N–H and O–H groups in total. The highest BCUT2D eigenvalue weighted by molar-refractivity contribution is 5.77. The van der Waals surface area contributed by atoms with Gasteiger partial charge >= 0.3 is 5.97 Å². The molecule has 1 amide bonds. The minimum absolute atomic E-state index is 0.0872. The van der Waals surface area contributed by atoms with E-state index in [1.807, 2.05) is 0 Å². The maximum Gasteiger partial charge on any atom is 0.306 e. The Morgan fingerprint density at radius 1 is 0.463 bits per heavy atom. The molecule has 3 unspecified atom stereocenters. The first-order valence-electron chi connectivity index (χ1n) is 24.3. The van der Waals surface area contributed by atoms with E-state index >= 15 is 0 Å². The van der Waals surface area contributed by atoms with Gasteiger partial charge in [0.1, 0.15) is 6.10 Å². The van der Waals surface area contributed by atoms with Gasteiger partial charge in [0.25, 0.3) is 0 Å². The van der Waals surface area contributed by atoms with Crippen molar-refractivity contribution in [1.82, 2.24) is 5.32 Å². The lowest BCUT2D eigenvalue weighted by molar-refractivity contribution is -0.151. The first-order valence-corrected chi connectivity index (χ1v) is 24.3. The Morgan fingerprint density at radius 2 is 0.778 bits per heavy atom. The lowest BCUT2D eigenvalue weighted by Gasteiger charge is -2.24. The molecule has 0 rings (SSSR count). The molecule has 0 aliphatic rings. The Kier molecular flexibility index (Phi) is 42.1. The summed E-state index contributed by atoms with van der Waals surface area (Å²) in [4.78, 5) is 26.0. The van der Waals surface area contributed by atoms with Crippen LogP contribution in [0.2, 0.25) is 0 Å². The standard InChI is InChI=1S/C48H95NO5/c1-4-7-10-13-16-19-22-24-25-27-30-33-36-39-44(54-48(53)41-38-35-32-29-26-23-20-17-14-11-8-5-2)42-47(52)49-45(43-50)46(51)40-37-34-31-28-21-18-15-12-9-6-3/h44-46,50-51H,4-43H2,1-3H3,(H,49,52). The van der Waals surface area contributed by atoms with Crippen LogP contribution >= 0.6 is 0 Å². The van der Waals surface area contributed by atoms with E-state index in [9.17, 15) is 19.8 Å². The average Bonchev–Trinajstić information content (AvgIpc) is 3.16. The SMILES string of the molecule is CCCCCCCCCCCCCCCC(CC(=O)NC(CO)C(O)CCCCCCCCCCCC)OC(=O)CCCCCCCCCCCCCC. The molecule has 6 heteroatoms. The van der Waals surface area contributed by atoms with Crippen molar-refractivity contribution in [3.05, 3.63) is 0 Å². The normalized spacial score (nSPS) is 13.2. The molecule has 322 valence electrons. The molecule has 0 saturated carbocycles. The van der Waals surface area contributed by atoms with Gasteiger partial charge in [0.05, 0.1) is 25.2 Å². The summed E-state index contributed by atoms with van der Waals surface area (Å²) in [6.45, 7) is 6.48. The van der Waals surface area contributed by atoms with Gasteiger partial charge in [0.2, 0.25) is 5.91 Å². The first kappa shape index (κ1) is 52.9. The topological polar surface area (TPSA) is 95.9 Å². The Morgan fingerprint density at radius 3 is 1.13 bits per heavy atom. The van der Waals surface area contributed by atoms with Crippen molar-refractivity contribution in [2.24, 2.45) is 0 Å². The number of carbonyl (C=O) groups is 2. The summed E-state index contributed by atoms with van der Waals surface area (Å²) in [5, 5.41) is 23.6. The molecule has 0 saturated heterocycles. The van der Waals surface area contributed by atoms with Crippen LogP contribution in [0.15, 0.2) is 0 Å². The molecule has 0 bridgehead atoms. The van der Waals surface area contributed by atoms with Gasteiger partial charge in [0.15, 0.2) is 0 Å². The highest BCUT2D eigenvalue weighted by atomic mass is 16.5. The molecule has 6 nitrogen and oxygen atoms in total. The second-order valence-electron chi connectivity index (χ2n) is 16.9. The van der Waals surface area contributed by atoms with Crippen LogP contribution in [0.4, 0.5) is 0 Å². The first-order chi connectivity index (χ1) is 26.5. The average molecular weight is 766 g/mol. The van der Waals surface area contributed by atoms with Crippen LogP contribution in [0.3, 0.4) is 0 Å². The molecule has 54 heavy (non-hydrogen) atoms. The fourth-order valence-electron chi connectivity index (χ4n) is 7.73. The van der Waals surface area contributed by atoms with E-state index in [0.29, 0.717) is 19.3 Å². The molecule has 0 aliphatic carbocycles. The van der Waals surface area contributed by atoms with Crippen LogP contribution in [-0.4, -0.2) is 46.9 Å². The van der Waals surface area contributed by atoms with Crippen molar-refractivity contribution >= 4 is 11.9 Å². The van der Waals surface area contributed by atoms with Crippen molar-refractivity contribution in [3.8, 4) is 0 Å². The van der Waals surface area contributed by atoms with Crippen LogP contribution in [0.5, 0.6) is 0 Å². The van der Waals surface area contributed by atoms with Gasteiger partial charge in [-0.3, -0.25) is 9.59 Å². The number of carbonyl (C=O) groups excluding carboxylic acids is 2. The Balaban J connectivity index is 4.54. The minimum Gasteiger partial charge on any atom is -0.462 e. The molecule has 0 aromatic rings. The number of unbranched alkanes of at least 4 members (excludes halogenated alkanes) is 32. The van der Waals surface area contributed by atoms with E-state index in [1.165, 1.54) is 180 Å². The summed E-state index contributed by atoms with van der Waals surface area (Å²) in [5.41, 5.74) is 0. The Labute approximate surface area is 336 Å². The predicted molar refractivity (Wildman–Crippen MR) is 232 cm³/mol. The van der Waals surface area contributed by atoms with Crippen LogP contribution in [0.1, 0.15) is 271 Å². The third-order valence-corrected chi connectivity index (χ3v) is 11.4. The quantitative estimate of drug-likeness (QED) is 0.0424. The highest BCUT2D eigenvalue weighted by Gasteiger charge is 2.24. The number of esters is 1. The van der Waals surface area contributed by atoms with Gasteiger partial charge in [-0.05, 0) is 25.7 Å². The lowest BCUT2D eigenvalue weighted by atomic mass is 10.0. The number of nitrogens with one attached hydrogen (secondary N) is 1. The van der Waals surface area contributed by atoms with Crippen LogP contribution in [0.25, 0.3) is 0 Å². The van der Waals surface area contributed by atoms with Crippen molar-refractivity contribution in [2.45, 2.75) is 289 Å². The number of ether oxygens (including phenoxy) is 1. The summed E-state index contributed by atoms with van der Waals surface area (Å²) in [7, 11) is 0. The number of aliphatic hydroxyl groups is 2. The fraction of sp³-hybridized carbons (Fsp3) is 0.958. The van der Waals surface area contributed by atoms with Crippen molar-refractivity contribution in [3.63, 3.8) is 0 Å². The van der Waals surface area contributed by atoms with E-state index in [4.69, 9.17) is 4.74 Å². The van der Waals surface area contributed by atoms with Crippen LogP contribution in [0, 0.1) is 0 Å². The number of rotatable bonds is 44. The molecule has 0 aromatic heterocycles. The number of hydrogen-bond donors (Lipinski definition) is 3. The second kappa shape index (κ2) is 43.0. The van der Waals surface area contributed by atoms with Gasteiger partial charge in [-0.1, -0.05) is 233 Å². The van der Waals surface area contributed by atoms with Crippen molar-refractivity contribution < 1.29 is 24.5 Å². The summed E-state index contributed by atoms with van der Waals surface area (Å²) in [6, 6.07) is -0.690. The predicted octanol–water partition coefficient (Wildman–Crippen LogP) is 14.0. The third kappa shape index (κ3) is 37.8. The lowest BCUT2D eigenvalue weighted by Crippen LogP contribution is -2.46. The Bertz CT molecular complexity index is 776. The zero-order chi connectivity index (χ0) is 39.6. The zero-order valence-electron chi connectivity index (χ0n) is 36.6. The third-order valence-electron chi connectivity index (χ3n) is 11.4. The van der Waals surface area contributed by atoms with Crippen LogP contribution in [-0.2, 0) is 14.3 Å². The molecule has 0 aromatic carbocycles. The van der Waals surface area contributed by atoms with Gasteiger partial charge < -0.3 is 20.3 Å². The maximum atomic E-state index is 13.1. The monoisotopic (exact) mass is 766 g/mol. The van der Waals surface area contributed by atoms with Crippen molar-refractivity contribution in [2.75, 3.05) is 6.61 Å². The van der Waals surface area contributed by atoms with E-state index in [1.54, 1.807) is 0 Å². The van der Waals surface area contributed by atoms with E-state index < -0.39 is 18.2 Å². The Hall–Kier alpha value is -1.14. The molecular formula is C48H95NO5. The van der Waals surface area contributed by atoms with Gasteiger partial charge in [-0.25, -0.2) is 0 Å².